The Morgan fingerprint density at radius 2 is 1.89 bits per heavy atom. The van der Waals surface area contributed by atoms with E-state index in [1.807, 2.05) is 0 Å². The zero-order valence-corrected chi connectivity index (χ0v) is 10.7. The molecule has 0 saturated heterocycles. The number of hydrogen-bond donors (Lipinski definition) is 1. The van der Waals surface area contributed by atoms with Crippen LogP contribution in [0.2, 0.25) is 0 Å². The van der Waals surface area contributed by atoms with Crippen LogP contribution in [0.4, 0.5) is 0 Å². The molecule has 1 amide bonds. The Hall–Kier alpha value is -1.83. The molecule has 1 aromatic rings. The van der Waals surface area contributed by atoms with Crippen molar-refractivity contribution in [2.75, 3.05) is 25.6 Å². The molecule has 0 fully saturated rings. The topological polar surface area (TPSA) is 105 Å². The molecule has 0 saturated carbocycles. The third-order valence-corrected chi connectivity index (χ3v) is 3.10. The summed E-state index contributed by atoms with van der Waals surface area (Å²) in [6.45, 7) is 0.0147. The minimum absolute atomic E-state index is 0.0147. The summed E-state index contributed by atoms with van der Waals surface area (Å²) in [5.41, 5.74) is 0. The summed E-state index contributed by atoms with van der Waals surface area (Å²) >= 11 is 0. The summed E-state index contributed by atoms with van der Waals surface area (Å²) < 4.78 is 26.7. The number of furan rings is 1. The predicted molar refractivity (Wildman–Crippen MR) is 62.3 cm³/mol. The zero-order valence-electron chi connectivity index (χ0n) is 9.91. The van der Waals surface area contributed by atoms with Crippen molar-refractivity contribution in [2.45, 2.75) is 0 Å². The van der Waals surface area contributed by atoms with E-state index in [9.17, 15) is 18.0 Å². The van der Waals surface area contributed by atoms with Gasteiger partial charge in [0, 0.05) is 19.8 Å². The lowest BCUT2D eigenvalue weighted by Gasteiger charge is -2.14. The molecular formula is C10H13NO6S. The molecule has 0 spiro atoms. The Kier molecular flexibility index (Phi) is 4.12. The largest absolute Gasteiger partial charge is 0.475 e. The van der Waals surface area contributed by atoms with Crippen molar-refractivity contribution < 1.29 is 27.5 Å². The van der Waals surface area contributed by atoms with Crippen molar-refractivity contribution in [3.05, 3.63) is 23.7 Å². The van der Waals surface area contributed by atoms with Crippen LogP contribution < -0.4 is 0 Å². The first-order chi connectivity index (χ1) is 8.20. The number of hydrogen-bond acceptors (Lipinski definition) is 5. The first-order valence-electron chi connectivity index (χ1n) is 4.97. The second-order valence-electron chi connectivity index (χ2n) is 3.83. The first kappa shape index (κ1) is 14.2. The fourth-order valence-electron chi connectivity index (χ4n) is 1.16. The molecule has 1 N–H and O–H groups in total. The van der Waals surface area contributed by atoms with E-state index in [1.165, 1.54) is 19.2 Å². The highest BCUT2D eigenvalue weighted by molar-refractivity contribution is 7.90. The molecule has 0 bridgehead atoms. The van der Waals surface area contributed by atoms with Crippen LogP contribution in [-0.2, 0) is 9.84 Å². The first-order valence-corrected chi connectivity index (χ1v) is 7.03. The van der Waals surface area contributed by atoms with Gasteiger partial charge in [0.25, 0.3) is 5.91 Å². The Bertz CT molecular complexity index is 559. The number of carbonyl (C=O) groups is 2. The lowest BCUT2D eigenvalue weighted by atomic mass is 10.4. The average molecular weight is 275 g/mol. The number of nitrogens with zero attached hydrogens (tertiary/aromatic N) is 1. The number of aromatic carboxylic acids is 1. The van der Waals surface area contributed by atoms with Gasteiger partial charge in [-0.05, 0) is 12.1 Å². The van der Waals surface area contributed by atoms with Crippen molar-refractivity contribution in [3.8, 4) is 0 Å². The number of sulfone groups is 1. The van der Waals surface area contributed by atoms with E-state index >= 15 is 0 Å². The molecule has 0 unspecified atom stereocenters. The molecule has 0 aromatic carbocycles. The number of carboxylic acid groups (broad SMARTS) is 1. The maximum atomic E-state index is 11.7. The van der Waals surface area contributed by atoms with Crippen LogP contribution >= 0.6 is 0 Å². The molecule has 7 nitrogen and oxygen atoms in total. The summed E-state index contributed by atoms with van der Waals surface area (Å²) in [4.78, 5) is 23.5. The van der Waals surface area contributed by atoms with Crippen LogP contribution in [0.15, 0.2) is 16.5 Å². The van der Waals surface area contributed by atoms with Gasteiger partial charge < -0.3 is 14.4 Å². The Balaban J connectivity index is 2.71. The van der Waals surface area contributed by atoms with Crippen LogP contribution in [0.25, 0.3) is 0 Å². The molecule has 0 aliphatic rings. The Morgan fingerprint density at radius 3 is 2.33 bits per heavy atom. The normalized spacial score (nSPS) is 11.2. The van der Waals surface area contributed by atoms with E-state index in [2.05, 4.69) is 0 Å². The van der Waals surface area contributed by atoms with E-state index in [0.717, 1.165) is 11.2 Å². The summed E-state index contributed by atoms with van der Waals surface area (Å²) in [6, 6.07) is 2.41. The van der Waals surface area contributed by atoms with Crippen molar-refractivity contribution >= 4 is 21.7 Å². The molecule has 1 rings (SSSR count). The van der Waals surface area contributed by atoms with Gasteiger partial charge in [-0.15, -0.1) is 0 Å². The predicted octanol–water partition coefficient (Wildman–Crippen LogP) is 0.0944. The maximum absolute atomic E-state index is 11.7. The van der Waals surface area contributed by atoms with E-state index < -0.39 is 21.7 Å². The lowest BCUT2D eigenvalue weighted by molar-refractivity contribution is 0.0654. The van der Waals surface area contributed by atoms with E-state index in [4.69, 9.17) is 9.52 Å². The Labute approximate surface area is 104 Å². The van der Waals surface area contributed by atoms with Gasteiger partial charge in [0.05, 0.1) is 5.75 Å². The highest BCUT2D eigenvalue weighted by atomic mass is 32.2. The molecule has 0 aliphatic heterocycles. The number of amides is 1. The third kappa shape index (κ3) is 3.88. The fourth-order valence-corrected chi connectivity index (χ4v) is 1.77. The summed E-state index contributed by atoms with van der Waals surface area (Å²) in [5, 5.41) is 8.63. The lowest BCUT2D eigenvalue weighted by Crippen LogP contribution is -2.31. The van der Waals surface area contributed by atoms with E-state index in [0.29, 0.717) is 0 Å². The quantitative estimate of drug-likeness (QED) is 0.816. The maximum Gasteiger partial charge on any atom is 0.371 e. The molecule has 18 heavy (non-hydrogen) atoms. The molecular weight excluding hydrogens is 262 g/mol. The molecule has 0 atom stereocenters. The minimum Gasteiger partial charge on any atom is -0.475 e. The van der Waals surface area contributed by atoms with Crippen molar-refractivity contribution in [1.82, 2.24) is 4.90 Å². The van der Waals surface area contributed by atoms with Gasteiger partial charge in [-0.25, -0.2) is 13.2 Å². The average Bonchev–Trinajstić information content (AvgIpc) is 2.73. The number of carbonyl (C=O) groups excluding carboxylic acids is 1. The van der Waals surface area contributed by atoms with Gasteiger partial charge in [0.15, 0.2) is 5.76 Å². The van der Waals surface area contributed by atoms with Gasteiger partial charge in [-0.2, -0.15) is 0 Å². The number of rotatable bonds is 5. The van der Waals surface area contributed by atoms with Gasteiger partial charge in [-0.3, -0.25) is 4.79 Å². The molecule has 100 valence electrons. The highest BCUT2D eigenvalue weighted by Gasteiger charge is 2.19. The van der Waals surface area contributed by atoms with Gasteiger partial charge in [-0.1, -0.05) is 0 Å². The van der Waals surface area contributed by atoms with Crippen molar-refractivity contribution in [2.24, 2.45) is 0 Å². The van der Waals surface area contributed by atoms with Gasteiger partial charge >= 0.3 is 5.97 Å². The monoisotopic (exact) mass is 275 g/mol. The molecule has 0 radical (unpaired) electrons. The summed E-state index contributed by atoms with van der Waals surface area (Å²) in [6.07, 6.45) is 1.07. The Morgan fingerprint density at radius 1 is 1.33 bits per heavy atom. The van der Waals surface area contributed by atoms with Crippen LogP contribution in [-0.4, -0.2) is 55.9 Å². The number of carboxylic acids is 1. The van der Waals surface area contributed by atoms with Crippen LogP contribution in [0.3, 0.4) is 0 Å². The molecule has 1 heterocycles. The van der Waals surface area contributed by atoms with Crippen molar-refractivity contribution in [3.63, 3.8) is 0 Å². The van der Waals surface area contributed by atoms with Crippen molar-refractivity contribution in [1.29, 1.82) is 0 Å². The van der Waals surface area contributed by atoms with Gasteiger partial charge in [0.1, 0.15) is 9.84 Å². The standard InChI is InChI=1S/C10H13NO6S/c1-11(5-6-18(2,15)16)9(12)7-3-4-8(17-7)10(13)14/h3-4H,5-6H2,1-2H3,(H,13,14). The summed E-state index contributed by atoms with van der Waals surface area (Å²) in [5.74, 6) is -2.47. The SMILES string of the molecule is CN(CCS(C)(=O)=O)C(=O)c1ccc(C(=O)O)o1. The molecule has 8 heteroatoms. The second kappa shape index (κ2) is 5.21. The van der Waals surface area contributed by atoms with Crippen LogP contribution in [0, 0.1) is 0 Å². The third-order valence-electron chi connectivity index (χ3n) is 2.17. The van der Waals surface area contributed by atoms with E-state index in [1.54, 1.807) is 0 Å². The smallest absolute Gasteiger partial charge is 0.371 e. The van der Waals surface area contributed by atoms with Crippen LogP contribution in [0.1, 0.15) is 21.1 Å². The van der Waals surface area contributed by atoms with Crippen LogP contribution in [0.5, 0.6) is 0 Å². The van der Waals surface area contributed by atoms with E-state index in [-0.39, 0.29) is 23.8 Å². The molecule has 0 aliphatic carbocycles. The minimum atomic E-state index is -3.16. The molecule has 1 aromatic heterocycles. The second-order valence-corrected chi connectivity index (χ2v) is 6.09. The zero-order chi connectivity index (χ0) is 13.9. The van der Waals surface area contributed by atoms with Gasteiger partial charge in [0.2, 0.25) is 5.76 Å². The summed E-state index contributed by atoms with van der Waals surface area (Å²) in [7, 11) is -1.75. The highest BCUT2D eigenvalue weighted by Crippen LogP contribution is 2.10. The fraction of sp³-hybridized carbons (Fsp3) is 0.400.